The molecule has 0 aliphatic heterocycles. The number of aromatic nitrogens is 4. The number of likely N-dealkylation sites (N-methyl/N-ethyl adjacent to an activating group) is 1. The van der Waals surface area contributed by atoms with E-state index in [1.165, 1.54) is 11.8 Å². The van der Waals surface area contributed by atoms with Gasteiger partial charge in [-0.05, 0) is 42.2 Å². The molecule has 0 aliphatic rings. The molecule has 0 fully saturated rings. The molecule has 0 aliphatic carbocycles. The first-order valence-corrected chi connectivity index (χ1v) is 10.0. The highest BCUT2D eigenvalue weighted by molar-refractivity contribution is 7.99. The number of hydrogen-bond acceptors (Lipinski definition) is 6. The molecule has 0 N–H and O–H groups in total. The lowest BCUT2D eigenvalue weighted by molar-refractivity contribution is -0.116. The van der Waals surface area contributed by atoms with Gasteiger partial charge in [0.15, 0.2) is 0 Å². The van der Waals surface area contributed by atoms with Gasteiger partial charge in [0.25, 0.3) is 0 Å². The van der Waals surface area contributed by atoms with Crippen LogP contribution in [0.2, 0.25) is 0 Å². The maximum atomic E-state index is 13.0. The zero-order valence-corrected chi connectivity index (χ0v) is 16.9. The van der Waals surface area contributed by atoms with Crippen molar-refractivity contribution in [2.24, 2.45) is 0 Å². The molecular weight excluding hydrogens is 372 g/mol. The summed E-state index contributed by atoms with van der Waals surface area (Å²) in [4.78, 5) is 16.9. The van der Waals surface area contributed by atoms with Gasteiger partial charge in [-0.2, -0.15) is 0 Å². The second kappa shape index (κ2) is 10.0. The highest BCUT2D eigenvalue weighted by Crippen LogP contribution is 2.21. The number of tetrazole rings is 1. The summed E-state index contributed by atoms with van der Waals surface area (Å²) in [5.41, 5.74) is 1.96. The van der Waals surface area contributed by atoms with Gasteiger partial charge in [-0.1, -0.05) is 60.3 Å². The topological polar surface area (TPSA) is 67.2 Å². The third kappa shape index (κ3) is 5.64. The Kier molecular flexibility index (Phi) is 7.16. The van der Waals surface area contributed by atoms with Crippen LogP contribution in [0, 0.1) is 0 Å². The molecular formula is C20H24N6OS. The number of carbonyl (C=O) groups is 1. The van der Waals surface area contributed by atoms with Crippen LogP contribution in [-0.2, 0) is 17.9 Å². The van der Waals surface area contributed by atoms with Gasteiger partial charge in [0.05, 0.1) is 18.8 Å². The van der Waals surface area contributed by atoms with E-state index in [-0.39, 0.29) is 11.7 Å². The monoisotopic (exact) mass is 396 g/mol. The zero-order valence-electron chi connectivity index (χ0n) is 16.1. The zero-order chi connectivity index (χ0) is 19.8. The molecule has 1 heterocycles. The summed E-state index contributed by atoms with van der Waals surface area (Å²) < 4.78 is 1.74. The van der Waals surface area contributed by atoms with Crippen LogP contribution in [0.4, 0.5) is 5.69 Å². The van der Waals surface area contributed by atoms with Crippen molar-refractivity contribution in [2.45, 2.75) is 18.2 Å². The van der Waals surface area contributed by atoms with Crippen LogP contribution in [0.3, 0.4) is 0 Å². The highest BCUT2D eigenvalue weighted by atomic mass is 32.2. The smallest absolute Gasteiger partial charge is 0.237 e. The lowest BCUT2D eigenvalue weighted by Crippen LogP contribution is -2.32. The van der Waals surface area contributed by atoms with E-state index in [0.717, 1.165) is 17.8 Å². The molecule has 7 nitrogen and oxygen atoms in total. The SMILES string of the molecule is CN(C)CCn1nnnc1SCC(=O)N(Cc1ccccc1)c1ccccc1. The first kappa shape index (κ1) is 20.0. The molecule has 2 aromatic carbocycles. The second-order valence-corrected chi connectivity index (χ2v) is 7.52. The van der Waals surface area contributed by atoms with Crippen LogP contribution in [0.5, 0.6) is 0 Å². The first-order chi connectivity index (χ1) is 13.6. The van der Waals surface area contributed by atoms with E-state index in [9.17, 15) is 4.79 Å². The summed E-state index contributed by atoms with van der Waals surface area (Å²) in [5, 5.41) is 12.5. The Morgan fingerprint density at radius 3 is 2.39 bits per heavy atom. The molecule has 3 aromatic rings. The quantitative estimate of drug-likeness (QED) is 0.518. The predicted octanol–water partition coefficient (Wildman–Crippen LogP) is 2.56. The molecule has 3 rings (SSSR count). The lowest BCUT2D eigenvalue weighted by Gasteiger charge is -2.23. The van der Waals surface area contributed by atoms with Crippen molar-refractivity contribution >= 4 is 23.4 Å². The number of carbonyl (C=O) groups excluding carboxylic acids is 1. The van der Waals surface area contributed by atoms with Crippen LogP contribution < -0.4 is 4.90 Å². The number of benzene rings is 2. The van der Waals surface area contributed by atoms with Crippen molar-refractivity contribution in [3.8, 4) is 0 Å². The largest absolute Gasteiger partial charge is 0.308 e. The number of thioether (sulfide) groups is 1. The number of rotatable bonds is 9. The lowest BCUT2D eigenvalue weighted by atomic mass is 10.2. The van der Waals surface area contributed by atoms with Crippen LogP contribution in [0.25, 0.3) is 0 Å². The fraction of sp³-hybridized carbons (Fsp3) is 0.300. The Hall–Kier alpha value is -2.71. The molecule has 0 atom stereocenters. The van der Waals surface area contributed by atoms with Gasteiger partial charge in [-0.25, -0.2) is 4.68 Å². The van der Waals surface area contributed by atoms with E-state index in [0.29, 0.717) is 18.2 Å². The normalized spacial score (nSPS) is 11.0. The average Bonchev–Trinajstić information content (AvgIpc) is 3.17. The standard InChI is InChI=1S/C20H24N6OS/c1-24(2)13-14-26-20(21-22-23-26)28-16-19(27)25(18-11-7-4-8-12-18)15-17-9-5-3-6-10-17/h3-12H,13-16H2,1-2H3. The second-order valence-electron chi connectivity index (χ2n) is 6.58. The Labute approximate surface area is 169 Å². The van der Waals surface area contributed by atoms with Gasteiger partial charge in [-0.3, -0.25) is 4.79 Å². The molecule has 8 heteroatoms. The Morgan fingerprint density at radius 1 is 1.04 bits per heavy atom. The van der Waals surface area contributed by atoms with Gasteiger partial charge in [0.1, 0.15) is 0 Å². The first-order valence-electron chi connectivity index (χ1n) is 9.06. The van der Waals surface area contributed by atoms with Crippen molar-refractivity contribution in [1.82, 2.24) is 25.1 Å². The van der Waals surface area contributed by atoms with E-state index in [4.69, 9.17) is 0 Å². The molecule has 0 bridgehead atoms. The summed E-state index contributed by atoms with van der Waals surface area (Å²) >= 11 is 1.36. The number of amides is 1. The maximum Gasteiger partial charge on any atom is 0.237 e. The Balaban J connectivity index is 1.69. The minimum absolute atomic E-state index is 0.0159. The fourth-order valence-corrected chi connectivity index (χ4v) is 3.42. The van der Waals surface area contributed by atoms with Crippen molar-refractivity contribution in [1.29, 1.82) is 0 Å². The van der Waals surface area contributed by atoms with E-state index < -0.39 is 0 Å². The van der Waals surface area contributed by atoms with Crippen LogP contribution in [-0.4, -0.2) is 57.4 Å². The van der Waals surface area contributed by atoms with Gasteiger partial charge in [0, 0.05) is 12.2 Å². The molecule has 0 spiro atoms. The maximum absolute atomic E-state index is 13.0. The highest BCUT2D eigenvalue weighted by Gasteiger charge is 2.18. The van der Waals surface area contributed by atoms with E-state index in [1.54, 1.807) is 9.58 Å². The summed E-state index contributed by atoms with van der Waals surface area (Å²) in [6.07, 6.45) is 0. The van der Waals surface area contributed by atoms with E-state index in [2.05, 4.69) is 20.4 Å². The molecule has 0 radical (unpaired) electrons. The van der Waals surface area contributed by atoms with E-state index in [1.807, 2.05) is 74.8 Å². The van der Waals surface area contributed by atoms with Crippen molar-refractivity contribution in [3.05, 3.63) is 66.2 Å². The summed E-state index contributed by atoms with van der Waals surface area (Å²) in [6.45, 7) is 2.04. The minimum atomic E-state index is 0.0159. The molecule has 0 saturated heterocycles. The fourth-order valence-electron chi connectivity index (χ4n) is 2.64. The van der Waals surface area contributed by atoms with E-state index >= 15 is 0 Å². The van der Waals surface area contributed by atoms with Gasteiger partial charge >= 0.3 is 0 Å². The molecule has 146 valence electrons. The number of para-hydroxylation sites is 1. The number of hydrogen-bond donors (Lipinski definition) is 0. The van der Waals surface area contributed by atoms with Crippen LogP contribution >= 0.6 is 11.8 Å². The minimum Gasteiger partial charge on any atom is -0.308 e. The number of anilines is 1. The van der Waals surface area contributed by atoms with Crippen molar-refractivity contribution in [2.75, 3.05) is 31.3 Å². The van der Waals surface area contributed by atoms with Crippen molar-refractivity contribution < 1.29 is 4.79 Å². The van der Waals surface area contributed by atoms with Gasteiger partial charge in [0.2, 0.25) is 11.1 Å². The molecule has 1 aromatic heterocycles. The van der Waals surface area contributed by atoms with Crippen LogP contribution in [0.1, 0.15) is 5.56 Å². The summed E-state index contributed by atoms with van der Waals surface area (Å²) in [7, 11) is 4.00. The molecule has 1 amide bonds. The van der Waals surface area contributed by atoms with Crippen LogP contribution in [0.15, 0.2) is 65.8 Å². The van der Waals surface area contributed by atoms with Gasteiger partial charge < -0.3 is 9.80 Å². The Bertz CT molecular complexity index is 869. The Morgan fingerprint density at radius 2 is 1.71 bits per heavy atom. The summed E-state index contributed by atoms with van der Waals surface area (Å²) in [5.74, 6) is 0.284. The molecule has 28 heavy (non-hydrogen) atoms. The predicted molar refractivity (Wildman–Crippen MR) is 111 cm³/mol. The average molecular weight is 397 g/mol. The third-order valence-corrected chi connectivity index (χ3v) is 5.08. The van der Waals surface area contributed by atoms with Crippen molar-refractivity contribution in [3.63, 3.8) is 0 Å². The molecule has 0 saturated carbocycles. The third-order valence-electron chi connectivity index (χ3n) is 4.14. The van der Waals surface area contributed by atoms with Gasteiger partial charge in [-0.15, -0.1) is 5.10 Å². The summed E-state index contributed by atoms with van der Waals surface area (Å²) in [6, 6.07) is 19.7. The molecule has 0 unspecified atom stereocenters. The number of nitrogens with zero attached hydrogens (tertiary/aromatic N) is 6.